The number of hydrogen-bond acceptors (Lipinski definition) is 2. The monoisotopic (exact) mass is 268 g/mol. The fourth-order valence-corrected chi connectivity index (χ4v) is 3.18. The van der Waals surface area contributed by atoms with Crippen molar-refractivity contribution in [1.29, 1.82) is 0 Å². The van der Waals surface area contributed by atoms with Gasteiger partial charge in [0.1, 0.15) is 0 Å². The van der Waals surface area contributed by atoms with Gasteiger partial charge in [0.15, 0.2) is 0 Å². The fraction of sp³-hybridized carbons (Fsp3) is 0.857. The maximum absolute atomic E-state index is 12.0. The van der Waals surface area contributed by atoms with E-state index in [1.165, 1.54) is 19.3 Å². The van der Waals surface area contributed by atoms with Gasteiger partial charge in [0, 0.05) is 19.6 Å². The topological polar surface area (TPSA) is 69.6 Å². The number of nitrogens with zero attached hydrogens (tertiary/aromatic N) is 1. The first-order chi connectivity index (χ1) is 9.06. The van der Waals surface area contributed by atoms with Crippen LogP contribution in [0.5, 0.6) is 0 Å². The van der Waals surface area contributed by atoms with E-state index >= 15 is 0 Å². The molecule has 0 aromatic carbocycles. The zero-order valence-electron chi connectivity index (χ0n) is 11.6. The third-order valence-electron chi connectivity index (χ3n) is 4.48. The Morgan fingerprint density at radius 2 is 1.89 bits per heavy atom. The van der Waals surface area contributed by atoms with Gasteiger partial charge < -0.3 is 15.3 Å². The van der Waals surface area contributed by atoms with Crippen LogP contribution in [0.3, 0.4) is 0 Å². The third-order valence-corrected chi connectivity index (χ3v) is 4.48. The number of carbonyl (C=O) groups excluding carboxylic acids is 1. The summed E-state index contributed by atoms with van der Waals surface area (Å²) in [6.07, 6.45) is 4.83. The number of carboxylic acids is 1. The molecule has 1 saturated heterocycles. The van der Waals surface area contributed by atoms with E-state index < -0.39 is 5.97 Å². The molecule has 19 heavy (non-hydrogen) atoms. The highest BCUT2D eigenvalue weighted by atomic mass is 16.4. The first-order valence-corrected chi connectivity index (χ1v) is 7.32. The van der Waals surface area contributed by atoms with Gasteiger partial charge in [0.2, 0.25) is 0 Å². The predicted octanol–water partition coefficient (Wildman–Crippen LogP) is 1.93. The van der Waals surface area contributed by atoms with Crippen LogP contribution >= 0.6 is 0 Å². The van der Waals surface area contributed by atoms with E-state index in [2.05, 4.69) is 12.2 Å². The van der Waals surface area contributed by atoms with Crippen LogP contribution in [-0.4, -0.2) is 41.6 Å². The van der Waals surface area contributed by atoms with Gasteiger partial charge in [-0.3, -0.25) is 4.79 Å². The summed E-state index contributed by atoms with van der Waals surface area (Å²) >= 11 is 0. The van der Waals surface area contributed by atoms with Crippen LogP contribution in [0.4, 0.5) is 4.79 Å². The van der Waals surface area contributed by atoms with E-state index in [1.807, 2.05) is 0 Å². The molecule has 2 N–H and O–H groups in total. The van der Waals surface area contributed by atoms with E-state index in [1.54, 1.807) is 4.90 Å². The van der Waals surface area contributed by atoms with E-state index in [0.29, 0.717) is 31.8 Å². The average Bonchev–Trinajstić information content (AvgIpc) is 2.82. The van der Waals surface area contributed by atoms with Crippen molar-refractivity contribution in [2.24, 2.45) is 17.8 Å². The second-order valence-electron chi connectivity index (χ2n) is 6.07. The summed E-state index contributed by atoms with van der Waals surface area (Å²) in [6.45, 7) is 4.15. The molecule has 2 rings (SSSR count). The number of urea groups is 1. The lowest BCUT2D eigenvalue weighted by molar-refractivity contribution is -0.143. The van der Waals surface area contributed by atoms with Gasteiger partial charge in [0.25, 0.3) is 0 Å². The van der Waals surface area contributed by atoms with Crippen LogP contribution in [0.15, 0.2) is 0 Å². The first kappa shape index (κ1) is 14.2. The molecule has 2 amide bonds. The minimum Gasteiger partial charge on any atom is -0.481 e. The predicted molar refractivity (Wildman–Crippen MR) is 71.8 cm³/mol. The molecule has 0 spiro atoms. The van der Waals surface area contributed by atoms with Crippen molar-refractivity contribution in [2.75, 3.05) is 19.6 Å². The van der Waals surface area contributed by atoms with Crippen LogP contribution < -0.4 is 5.32 Å². The Bertz CT molecular complexity index is 338. The molecule has 2 unspecified atom stereocenters. The Morgan fingerprint density at radius 3 is 2.42 bits per heavy atom. The van der Waals surface area contributed by atoms with Gasteiger partial charge >= 0.3 is 12.0 Å². The molecule has 2 atom stereocenters. The lowest BCUT2D eigenvalue weighted by Gasteiger charge is -2.30. The number of likely N-dealkylation sites (tertiary alicyclic amines) is 1. The lowest BCUT2D eigenvalue weighted by atomic mass is 9.97. The van der Waals surface area contributed by atoms with Gasteiger partial charge in [-0.1, -0.05) is 13.3 Å². The Morgan fingerprint density at radius 1 is 1.21 bits per heavy atom. The summed E-state index contributed by atoms with van der Waals surface area (Å²) in [5.41, 5.74) is 0. The molecule has 108 valence electrons. The van der Waals surface area contributed by atoms with Crippen LogP contribution in [0.2, 0.25) is 0 Å². The van der Waals surface area contributed by atoms with Crippen LogP contribution in [0.25, 0.3) is 0 Å². The Labute approximate surface area is 114 Å². The molecule has 5 nitrogen and oxygen atoms in total. The van der Waals surface area contributed by atoms with Gasteiger partial charge in [0.05, 0.1) is 5.92 Å². The molecule has 1 heterocycles. The minimum absolute atomic E-state index is 0.0246. The standard InChI is InChI=1S/C14H24N2O3/c1-10-2-3-11(8-10)9-15-14(19)16-6-4-12(5-7-16)13(17)18/h10-12H,2-9H2,1H3,(H,15,19)(H,17,18). The van der Waals surface area contributed by atoms with Gasteiger partial charge in [-0.15, -0.1) is 0 Å². The number of carboxylic acid groups (broad SMARTS) is 1. The molecule has 0 aromatic heterocycles. The van der Waals surface area contributed by atoms with Crippen LogP contribution in [-0.2, 0) is 4.79 Å². The van der Waals surface area contributed by atoms with Crippen molar-refractivity contribution >= 4 is 12.0 Å². The molecule has 1 saturated carbocycles. The molecule has 0 bridgehead atoms. The van der Waals surface area contributed by atoms with Gasteiger partial charge in [-0.2, -0.15) is 0 Å². The van der Waals surface area contributed by atoms with Gasteiger partial charge in [-0.25, -0.2) is 4.79 Å². The van der Waals surface area contributed by atoms with Crippen molar-refractivity contribution in [1.82, 2.24) is 10.2 Å². The number of piperidine rings is 1. The number of rotatable bonds is 3. The zero-order valence-corrected chi connectivity index (χ0v) is 11.6. The summed E-state index contributed by atoms with van der Waals surface area (Å²) in [5.74, 6) is 0.392. The molecule has 0 aromatic rings. The average molecular weight is 268 g/mol. The quantitative estimate of drug-likeness (QED) is 0.821. The van der Waals surface area contributed by atoms with E-state index in [9.17, 15) is 9.59 Å². The van der Waals surface area contributed by atoms with E-state index in [-0.39, 0.29) is 11.9 Å². The molecule has 0 radical (unpaired) electrons. The third kappa shape index (κ3) is 3.85. The molecular weight excluding hydrogens is 244 g/mol. The van der Waals surface area contributed by atoms with Gasteiger partial charge in [-0.05, 0) is 37.5 Å². The number of aliphatic carboxylic acids is 1. The minimum atomic E-state index is -0.736. The SMILES string of the molecule is CC1CCC(CNC(=O)N2CCC(C(=O)O)CC2)C1. The number of nitrogens with one attached hydrogen (secondary N) is 1. The van der Waals surface area contributed by atoms with Crippen molar-refractivity contribution in [2.45, 2.75) is 39.0 Å². The Balaban J connectivity index is 1.68. The summed E-state index contributed by atoms with van der Waals surface area (Å²) in [4.78, 5) is 24.6. The number of amides is 2. The summed E-state index contributed by atoms with van der Waals surface area (Å²) < 4.78 is 0. The Hall–Kier alpha value is -1.26. The molecule has 2 aliphatic rings. The maximum Gasteiger partial charge on any atom is 0.317 e. The number of hydrogen-bond donors (Lipinski definition) is 2. The van der Waals surface area contributed by atoms with Crippen molar-refractivity contribution in [3.63, 3.8) is 0 Å². The molecule has 2 fully saturated rings. The maximum atomic E-state index is 12.0. The van der Waals surface area contributed by atoms with Crippen molar-refractivity contribution in [3.05, 3.63) is 0 Å². The van der Waals surface area contributed by atoms with Crippen LogP contribution in [0, 0.1) is 17.8 Å². The Kier molecular flexibility index (Phi) is 4.66. The largest absolute Gasteiger partial charge is 0.481 e. The highest BCUT2D eigenvalue weighted by Gasteiger charge is 2.27. The fourth-order valence-electron chi connectivity index (χ4n) is 3.18. The van der Waals surface area contributed by atoms with E-state index in [0.717, 1.165) is 12.5 Å². The van der Waals surface area contributed by atoms with Crippen LogP contribution in [0.1, 0.15) is 39.0 Å². The zero-order chi connectivity index (χ0) is 13.8. The van der Waals surface area contributed by atoms with Crippen molar-refractivity contribution < 1.29 is 14.7 Å². The highest BCUT2D eigenvalue weighted by Crippen LogP contribution is 2.29. The summed E-state index contributed by atoms with van der Waals surface area (Å²) in [6, 6.07) is -0.0246. The molecule has 1 aliphatic heterocycles. The highest BCUT2D eigenvalue weighted by molar-refractivity contribution is 5.75. The lowest BCUT2D eigenvalue weighted by Crippen LogP contribution is -2.46. The second kappa shape index (κ2) is 6.26. The first-order valence-electron chi connectivity index (χ1n) is 7.32. The normalized spacial score (nSPS) is 28.4. The summed E-state index contributed by atoms with van der Waals surface area (Å²) in [7, 11) is 0. The number of carbonyl (C=O) groups is 2. The molecule has 1 aliphatic carbocycles. The second-order valence-corrected chi connectivity index (χ2v) is 6.07. The molecule has 5 heteroatoms. The van der Waals surface area contributed by atoms with Crippen molar-refractivity contribution in [3.8, 4) is 0 Å². The molecular formula is C14H24N2O3. The van der Waals surface area contributed by atoms with E-state index in [4.69, 9.17) is 5.11 Å². The smallest absolute Gasteiger partial charge is 0.317 e. The summed E-state index contributed by atoms with van der Waals surface area (Å²) in [5, 5.41) is 11.9.